The molecule has 3 rings (SSSR count). The van der Waals surface area contributed by atoms with Crippen molar-refractivity contribution in [1.29, 1.82) is 0 Å². The second kappa shape index (κ2) is 11.6. The first kappa shape index (κ1) is 26.1. The number of halogens is 4. The van der Waals surface area contributed by atoms with Gasteiger partial charge in [-0.25, -0.2) is 19.6 Å². The van der Waals surface area contributed by atoms with Crippen molar-refractivity contribution in [3.8, 4) is 0 Å². The van der Waals surface area contributed by atoms with Crippen LogP contribution in [-0.4, -0.2) is 56.4 Å². The van der Waals surface area contributed by atoms with Gasteiger partial charge in [0.1, 0.15) is 11.5 Å². The summed E-state index contributed by atoms with van der Waals surface area (Å²) in [4.78, 5) is 16.4. The number of alkyl halides is 3. The lowest BCUT2D eigenvalue weighted by Gasteiger charge is -2.25. The molecule has 3 N–H and O–H groups in total. The molecule has 178 valence electrons. The molecule has 13 heteroatoms. The van der Waals surface area contributed by atoms with E-state index in [9.17, 15) is 13.2 Å². The molecular weight excluding hydrogens is 538 g/mol. The lowest BCUT2D eigenvalue weighted by atomic mass is 10.1. The zero-order chi connectivity index (χ0) is 22.4. The summed E-state index contributed by atoms with van der Waals surface area (Å²) < 4.78 is 40.2. The van der Waals surface area contributed by atoms with E-state index in [1.807, 2.05) is 11.6 Å². The van der Waals surface area contributed by atoms with Crippen molar-refractivity contribution in [1.82, 2.24) is 35.4 Å². The highest BCUT2D eigenvalue weighted by Gasteiger charge is 2.32. The molecule has 2 aromatic rings. The van der Waals surface area contributed by atoms with Crippen LogP contribution in [0.3, 0.4) is 0 Å². The highest BCUT2D eigenvalue weighted by atomic mass is 127. The Hall–Kier alpha value is -2.19. The summed E-state index contributed by atoms with van der Waals surface area (Å²) >= 11 is 0. The normalized spacial score (nSPS) is 16.3. The first-order valence-corrected chi connectivity index (χ1v) is 10.4. The standard InChI is InChI=1S/C19H28F3N9.HI/c1-4-23-17(25-9-10-26-18-24-8-7-14(28-18)19(20,21)22)27-13-5-6-15-29-16(12(2)3)30-31(15)11-13;/h7-8,12-13H,4-6,9-11H2,1-3H3,(H2,23,25,27)(H,24,26,28);1H. The molecule has 1 atom stereocenters. The van der Waals surface area contributed by atoms with Crippen LogP contribution in [0, 0.1) is 0 Å². The Labute approximate surface area is 202 Å². The summed E-state index contributed by atoms with van der Waals surface area (Å²) in [5, 5.41) is 14.0. The molecule has 0 amide bonds. The van der Waals surface area contributed by atoms with E-state index in [0.717, 1.165) is 36.8 Å². The number of nitrogens with one attached hydrogen (secondary N) is 3. The minimum absolute atomic E-state index is 0. The van der Waals surface area contributed by atoms with Crippen molar-refractivity contribution in [2.75, 3.05) is 25.0 Å². The van der Waals surface area contributed by atoms with Crippen LogP contribution in [0.1, 0.15) is 50.5 Å². The number of hydrogen-bond acceptors (Lipinski definition) is 6. The summed E-state index contributed by atoms with van der Waals surface area (Å²) in [5.41, 5.74) is -0.978. The Balaban J connectivity index is 0.00000363. The van der Waals surface area contributed by atoms with Crippen LogP contribution in [0.2, 0.25) is 0 Å². The fourth-order valence-corrected chi connectivity index (χ4v) is 3.14. The Morgan fingerprint density at radius 2 is 2.09 bits per heavy atom. The Bertz CT molecular complexity index is 898. The van der Waals surface area contributed by atoms with Crippen LogP contribution in [0.4, 0.5) is 19.1 Å². The maximum absolute atomic E-state index is 12.7. The van der Waals surface area contributed by atoms with E-state index in [-0.39, 0.29) is 41.9 Å². The molecule has 1 aliphatic heterocycles. The second-order valence-electron chi connectivity index (χ2n) is 7.55. The lowest BCUT2D eigenvalue weighted by Crippen LogP contribution is -2.47. The topological polar surface area (TPSA) is 105 Å². The Morgan fingerprint density at radius 1 is 1.31 bits per heavy atom. The molecular formula is C19H29F3IN9. The summed E-state index contributed by atoms with van der Waals surface area (Å²) in [6.45, 7) is 8.15. The number of fused-ring (bicyclic) bond motifs is 1. The van der Waals surface area contributed by atoms with Crippen LogP contribution in [0.25, 0.3) is 0 Å². The number of anilines is 1. The third-order valence-corrected chi connectivity index (χ3v) is 4.69. The maximum atomic E-state index is 12.7. The molecule has 2 aromatic heterocycles. The summed E-state index contributed by atoms with van der Waals surface area (Å²) in [5.74, 6) is 2.73. The van der Waals surface area contributed by atoms with Crippen LogP contribution in [0.15, 0.2) is 17.3 Å². The van der Waals surface area contributed by atoms with Gasteiger partial charge in [0.25, 0.3) is 0 Å². The largest absolute Gasteiger partial charge is 0.433 e. The number of aryl methyl sites for hydroxylation is 1. The number of nitrogens with zero attached hydrogens (tertiary/aromatic N) is 6. The molecule has 0 radical (unpaired) electrons. The van der Waals surface area contributed by atoms with Gasteiger partial charge in [0.05, 0.1) is 13.1 Å². The molecule has 0 aromatic carbocycles. The van der Waals surface area contributed by atoms with Gasteiger partial charge in [-0.2, -0.15) is 18.3 Å². The molecule has 1 aliphatic rings. The van der Waals surface area contributed by atoms with E-state index >= 15 is 0 Å². The zero-order valence-electron chi connectivity index (χ0n) is 18.3. The highest BCUT2D eigenvalue weighted by molar-refractivity contribution is 14.0. The van der Waals surface area contributed by atoms with Crippen molar-refractivity contribution in [2.45, 2.75) is 58.3 Å². The van der Waals surface area contributed by atoms with Crippen molar-refractivity contribution < 1.29 is 13.2 Å². The monoisotopic (exact) mass is 567 g/mol. The van der Waals surface area contributed by atoms with Gasteiger partial charge in [-0.05, 0) is 19.4 Å². The summed E-state index contributed by atoms with van der Waals surface area (Å²) in [7, 11) is 0. The summed E-state index contributed by atoms with van der Waals surface area (Å²) in [6.07, 6.45) is -1.67. The van der Waals surface area contributed by atoms with Gasteiger partial charge >= 0.3 is 6.18 Å². The van der Waals surface area contributed by atoms with Gasteiger partial charge in [0, 0.05) is 37.7 Å². The van der Waals surface area contributed by atoms with E-state index in [2.05, 4.69) is 54.8 Å². The maximum Gasteiger partial charge on any atom is 0.433 e. The quantitative estimate of drug-likeness (QED) is 0.205. The first-order chi connectivity index (χ1) is 14.8. The van der Waals surface area contributed by atoms with Crippen LogP contribution in [-0.2, 0) is 19.1 Å². The number of guanidine groups is 1. The summed E-state index contributed by atoms with van der Waals surface area (Å²) in [6, 6.07) is 0.998. The van der Waals surface area contributed by atoms with E-state index in [4.69, 9.17) is 0 Å². The number of hydrogen-bond donors (Lipinski definition) is 3. The fourth-order valence-electron chi connectivity index (χ4n) is 3.14. The molecule has 0 bridgehead atoms. The van der Waals surface area contributed by atoms with E-state index in [1.54, 1.807) is 0 Å². The lowest BCUT2D eigenvalue weighted by molar-refractivity contribution is -0.141. The highest BCUT2D eigenvalue weighted by Crippen LogP contribution is 2.27. The van der Waals surface area contributed by atoms with E-state index in [0.29, 0.717) is 32.1 Å². The predicted molar refractivity (Wildman–Crippen MR) is 126 cm³/mol. The van der Waals surface area contributed by atoms with Gasteiger partial charge in [0.15, 0.2) is 11.8 Å². The van der Waals surface area contributed by atoms with Crippen LogP contribution >= 0.6 is 24.0 Å². The fraction of sp³-hybridized carbons (Fsp3) is 0.632. The molecule has 32 heavy (non-hydrogen) atoms. The van der Waals surface area contributed by atoms with Gasteiger partial charge in [-0.1, -0.05) is 13.8 Å². The number of rotatable bonds is 7. The Morgan fingerprint density at radius 3 is 2.78 bits per heavy atom. The smallest absolute Gasteiger partial charge is 0.357 e. The molecule has 0 saturated heterocycles. The molecule has 0 spiro atoms. The molecule has 0 saturated carbocycles. The molecule has 0 aliphatic carbocycles. The van der Waals surface area contributed by atoms with Crippen LogP contribution < -0.4 is 16.0 Å². The van der Waals surface area contributed by atoms with Crippen molar-refractivity contribution >= 4 is 35.9 Å². The van der Waals surface area contributed by atoms with Crippen molar-refractivity contribution in [2.24, 2.45) is 4.99 Å². The zero-order valence-corrected chi connectivity index (χ0v) is 20.6. The van der Waals surface area contributed by atoms with Gasteiger partial charge in [-0.15, -0.1) is 24.0 Å². The van der Waals surface area contributed by atoms with E-state index in [1.165, 1.54) is 0 Å². The average Bonchev–Trinajstić information content (AvgIpc) is 3.15. The molecule has 9 nitrogen and oxygen atoms in total. The average molecular weight is 567 g/mol. The minimum atomic E-state index is -4.50. The van der Waals surface area contributed by atoms with Crippen molar-refractivity contribution in [3.63, 3.8) is 0 Å². The first-order valence-electron chi connectivity index (χ1n) is 10.4. The minimum Gasteiger partial charge on any atom is -0.357 e. The second-order valence-corrected chi connectivity index (χ2v) is 7.55. The van der Waals surface area contributed by atoms with Crippen LogP contribution in [0.5, 0.6) is 0 Å². The number of aliphatic imine (C=N–C) groups is 1. The molecule has 1 unspecified atom stereocenters. The van der Waals surface area contributed by atoms with Gasteiger partial charge in [-0.3, -0.25) is 4.99 Å². The third-order valence-electron chi connectivity index (χ3n) is 4.69. The van der Waals surface area contributed by atoms with Gasteiger partial charge in [0.2, 0.25) is 5.95 Å². The van der Waals surface area contributed by atoms with Crippen molar-refractivity contribution in [3.05, 3.63) is 29.6 Å². The molecule has 0 fully saturated rings. The third kappa shape index (κ3) is 7.17. The molecule has 3 heterocycles. The predicted octanol–water partition coefficient (Wildman–Crippen LogP) is 2.81. The SMILES string of the molecule is CCNC(=NCCNc1nccc(C(F)(F)F)n1)NC1CCc2nc(C(C)C)nn2C1.I. The Kier molecular flexibility index (Phi) is 9.46. The van der Waals surface area contributed by atoms with E-state index < -0.39 is 11.9 Å². The number of aromatic nitrogens is 5. The van der Waals surface area contributed by atoms with Gasteiger partial charge < -0.3 is 16.0 Å².